The van der Waals surface area contributed by atoms with Crippen LogP contribution in [0.5, 0.6) is 0 Å². The standard InChI is InChI=1S/C38H75NO4.ClH/c1-3-5-7-9-11-13-15-17-19-21-23-25-27-29-31-33-36(40)42-38(35-39)43-37(41)34-32-30-28-26-24-22-20-18-16-14-12-10-8-6-4-2;/h38H,3-35,39H2,1-2H3;1H. The number of esters is 2. The van der Waals surface area contributed by atoms with Gasteiger partial charge in [0.25, 0.3) is 6.29 Å². The van der Waals surface area contributed by atoms with Gasteiger partial charge in [0, 0.05) is 12.8 Å². The molecule has 0 spiro atoms. The summed E-state index contributed by atoms with van der Waals surface area (Å²) in [5.41, 5.74) is 5.69. The summed E-state index contributed by atoms with van der Waals surface area (Å²) >= 11 is 0. The van der Waals surface area contributed by atoms with E-state index >= 15 is 0 Å². The molecule has 0 aromatic carbocycles. The summed E-state index contributed by atoms with van der Waals surface area (Å²) in [6.07, 6.45) is 38.6. The highest BCUT2D eigenvalue weighted by atomic mass is 35.5. The van der Waals surface area contributed by atoms with Gasteiger partial charge in [-0.25, -0.2) is 0 Å². The Balaban J connectivity index is 0. The molecule has 0 bridgehead atoms. The van der Waals surface area contributed by atoms with Crippen molar-refractivity contribution in [1.29, 1.82) is 0 Å². The van der Waals surface area contributed by atoms with Crippen LogP contribution in [0.15, 0.2) is 0 Å². The van der Waals surface area contributed by atoms with E-state index < -0.39 is 6.29 Å². The van der Waals surface area contributed by atoms with E-state index in [9.17, 15) is 9.59 Å². The van der Waals surface area contributed by atoms with Crippen LogP contribution >= 0.6 is 12.4 Å². The first-order chi connectivity index (χ1) is 21.1. The van der Waals surface area contributed by atoms with Crippen LogP contribution in [-0.2, 0) is 19.1 Å². The summed E-state index contributed by atoms with van der Waals surface area (Å²) in [6, 6.07) is 0. The molecule has 0 aliphatic carbocycles. The number of hydrogen-bond acceptors (Lipinski definition) is 5. The number of carbonyl (C=O) groups is 2. The second-order valence-electron chi connectivity index (χ2n) is 13.0. The Bertz CT molecular complexity index is 541. The lowest BCUT2D eigenvalue weighted by molar-refractivity contribution is -0.186. The van der Waals surface area contributed by atoms with Crippen LogP contribution in [0.25, 0.3) is 0 Å². The third kappa shape index (κ3) is 35.7. The van der Waals surface area contributed by atoms with Crippen molar-refractivity contribution in [3.05, 3.63) is 0 Å². The largest absolute Gasteiger partial charge is 0.424 e. The fourth-order valence-electron chi connectivity index (χ4n) is 5.81. The van der Waals surface area contributed by atoms with E-state index in [1.807, 2.05) is 0 Å². The molecule has 0 heterocycles. The Hall–Kier alpha value is -0.810. The van der Waals surface area contributed by atoms with Crippen molar-refractivity contribution >= 4 is 24.3 Å². The molecule has 5 nitrogen and oxygen atoms in total. The molecule has 0 unspecified atom stereocenters. The monoisotopic (exact) mass is 646 g/mol. The molecule has 0 rings (SSSR count). The molecular weight excluding hydrogens is 570 g/mol. The van der Waals surface area contributed by atoms with Crippen LogP contribution in [0.3, 0.4) is 0 Å². The number of hydrogen-bond donors (Lipinski definition) is 1. The molecule has 0 radical (unpaired) electrons. The molecular formula is C38H76ClNO4. The van der Waals surface area contributed by atoms with Crippen molar-refractivity contribution < 1.29 is 19.1 Å². The zero-order valence-corrected chi connectivity index (χ0v) is 30.3. The highest BCUT2D eigenvalue weighted by molar-refractivity contribution is 5.85. The second kappa shape index (κ2) is 38.4. The van der Waals surface area contributed by atoms with Crippen LogP contribution in [0, 0.1) is 0 Å². The Morgan fingerprint density at radius 2 is 0.614 bits per heavy atom. The van der Waals surface area contributed by atoms with Gasteiger partial charge in [-0.05, 0) is 12.8 Å². The van der Waals surface area contributed by atoms with Gasteiger partial charge in [-0.15, -0.1) is 12.4 Å². The van der Waals surface area contributed by atoms with Crippen molar-refractivity contribution in [2.75, 3.05) is 6.54 Å². The van der Waals surface area contributed by atoms with Crippen LogP contribution in [-0.4, -0.2) is 24.8 Å². The van der Waals surface area contributed by atoms with Crippen LogP contribution in [0.2, 0.25) is 0 Å². The summed E-state index contributed by atoms with van der Waals surface area (Å²) in [5, 5.41) is 0. The lowest BCUT2D eigenvalue weighted by atomic mass is 10.0. The minimum Gasteiger partial charge on any atom is -0.424 e. The fraction of sp³-hybridized carbons (Fsp3) is 0.947. The summed E-state index contributed by atoms with van der Waals surface area (Å²) < 4.78 is 10.6. The predicted molar refractivity (Wildman–Crippen MR) is 191 cm³/mol. The van der Waals surface area contributed by atoms with Gasteiger partial charge in [0.1, 0.15) is 0 Å². The Morgan fingerprint density at radius 3 is 0.818 bits per heavy atom. The molecule has 0 aliphatic rings. The van der Waals surface area contributed by atoms with E-state index in [4.69, 9.17) is 15.2 Å². The summed E-state index contributed by atoms with van der Waals surface area (Å²) in [6.45, 7) is 4.55. The number of halogens is 1. The minimum absolute atomic E-state index is 0. The average Bonchev–Trinajstić information content (AvgIpc) is 3.00. The van der Waals surface area contributed by atoms with Gasteiger partial charge < -0.3 is 15.2 Å². The van der Waals surface area contributed by atoms with Gasteiger partial charge >= 0.3 is 11.9 Å². The highest BCUT2D eigenvalue weighted by Gasteiger charge is 2.17. The molecule has 0 fully saturated rings. The third-order valence-corrected chi connectivity index (χ3v) is 8.69. The molecule has 2 N–H and O–H groups in total. The zero-order chi connectivity index (χ0) is 31.5. The van der Waals surface area contributed by atoms with Crippen molar-refractivity contribution in [2.45, 2.75) is 226 Å². The number of nitrogens with two attached hydrogens (primary N) is 1. The maximum Gasteiger partial charge on any atom is 0.308 e. The molecule has 0 aromatic rings. The molecule has 0 amide bonds. The van der Waals surface area contributed by atoms with Crippen molar-refractivity contribution in [1.82, 2.24) is 0 Å². The molecule has 44 heavy (non-hydrogen) atoms. The lowest BCUT2D eigenvalue weighted by Gasteiger charge is -2.16. The van der Waals surface area contributed by atoms with Crippen molar-refractivity contribution in [3.63, 3.8) is 0 Å². The zero-order valence-electron chi connectivity index (χ0n) is 29.5. The molecule has 0 atom stereocenters. The van der Waals surface area contributed by atoms with Crippen molar-refractivity contribution in [3.8, 4) is 0 Å². The van der Waals surface area contributed by atoms with Gasteiger partial charge in [-0.1, -0.05) is 194 Å². The van der Waals surface area contributed by atoms with E-state index in [0.29, 0.717) is 12.8 Å². The van der Waals surface area contributed by atoms with Gasteiger partial charge in [-0.3, -0.25) is 9.59 Å². The fourth-order valence-corrected chi connectivity index (χ4v) is 5.81. The average molecular weight is 646 g/mol. The smallest absolute Gasteiger partial charge is 0.308 e. The van der Waals surface area contributed by atoms with Gasteiger partial charge in [0.2, 0.25) is 0 Å². The first-order valence-corrected chi connectivity index (χ1v) is 19.2. The molecule has 0 aliphatic heterocycles. The van der Waals surface area contributed by atoms with Gasteiger partial charge in [0.05, 0.1) is 6.54 Å². The Labute approximate surface area is 280 Å². The molecule has 0 aromatic heterocycles. The molecule has 6 heteroatoms. The van der Waals surface area contributed by atoms with E-state index in [2.05, 4.69) is 13.8 Å². The van der Waals surface area contributed by atoms with Gasteiger partial charge in [-0.2, -0.15) is 0 Å². The Morgan fingerprint density at radius 1 is 0.409 bits per heavy atom. The van der Waals surface area contributed by atoms with E-state index in [1.165, 1.54) is 167 Å². The quantitative estimate of drug-likeness (QED) is 0.0421. The summed E-state index contributed by atoms with van der Waals surface area (Å²) in [7, 11) is 0. The number of rotatable bonds is 35. The van der Waals surface area contributed by atoms with Crippen LogP contribution in [0.4, 0.5) is 0 Å². The van der Waals surface area contributed by atoms with Crippen LogP contribution in [0.1, 0.15) is 219 Å². The molecule has 0 saturated heterocycles. The first kappa shape index (κ1) is 45.3. The molecule has 264 valence electrons. The number of unbranched alkanes of at least 4 members (excludes halogenated alkanes) is 28. The predicted octanol–water partition coefficient (Wildman–Crippen LogP) is 12.3. The molecule has 0 saturated carbocycles. The third-order valence-electron chi connectivity index (χ3n) is 8.69. The van der Waals surface area contributed by atoms with E-state index in [1.54, 1.807) is 0 Å². The summed E-state index contributed by atoms with van der Waals surface area (Å²) in [5.74, 6) is -0.630. The number of carbonyl (C=O) groups excluding carboxylic acids is 2. The van der Waals surface area contributed by atoms with E-state index in [-0.39, 0.29) is 30.9 Å². The maximum absolute atomic E-state index is 12.2. The maximum atomic E-state index is 12.2. The van der Waals surface area contributed by atoms with Crippen LogP contribution < -0.4 is 5.73 Å². The SMILES string of the molecule is CCCCCCCCCCCCCCCCCC(=O)OC(CN)OC(=O)CCCCCCCCCCCCCCCCC.Cl. The topological polar surface area (TPSA) is 78.6 Å². The number of ether oxygens (including phenoxy) is 2. The van der Waals surface area contributed by atoms with Gasteiger partial charge in [0.15, 0.2) is 0 Å². The normalized spacial score (nSPS) is 11.1. The van der Waals surface area contributed by atoms with Crippen molar-refractivity contribution in [2.24, 2.45) is 5.73 Å². The second-order valence-corrected chi connectivity index (χ2v) is 13.0. The first-order valence-electron chi connectivity index (χ1n) is 19.2. The minimum atomic E-state index is -0.951. The lowest BCUT2D eigenvalue weighted by Crippen LogP contribution is -2.31. The Kier molecular flexibility index (Phi) is 39.5. The summed E-state index contributed by atoms with van der Waals surface area (Å²) in [4.78, 5) is 24.3. The van der Waals surface area contributed by atoms with E-state index in [0.717, 1.165) is 25.7 Å². The highest BCUT2D eigenvalue weighted by Crippen LogP contribution is 2.16.